The predicted octanol–water partition coefficient (Wildman–Crippen LogP) is 3.55. The first-order valence-corrected chi connectivity index (χ1v) is 10.8. The van der Waals surface area contributed by atoms with Gasteiger partial charge in [0.05, 0.1) is 22.7 Å². The molecule has 2 aliphatic carbocycles. The Morgan fingerprint density at radius 2 is 1.97 bits per heavy atom. The monoisotopic (exact) mass is 398 g/mol. The molecule has 0 amide bonds. The highest BCUT2D eigenvalue weighted by atomic mass is 16.1. The van der Waals surface area contributed by atoms with Crippen molar-refractivity contribution >= 4 is 11.0 Å². The second kappa shape index (κ2) is 7.07. The van der Waals surface area contributed by atoms with Crippen LogP contribution in [0.2, 0.25) is 0 Å². The van der Waals surface area contributed by atoms with E-state index in [9.17, 15) is 10.1 Å². The Hall–Kier alpha value is -2.97. The predicted molar refractivity (Wildman–Crippen MR) is 117 cm³/mol. The van der Waals surface area contributed by atoms with Crippen molar-refractivity contribution in [1.29, 1.82) is 5.26 Å². The highest BCUT2D eigenvalue weighted by Gasteiger charge is 2.58. The van der Waals surface area contributed by atoms with Crippen LogP contribution in [0.5, 0.6) is 0 Å². The zero-order valence-corrected chi connectivity index (χ0v) is 17.3. The Bertz CT molecular complexity index is 1230. The molecule has 152 valence electrons. The molecule has 1 heterocycles. The summed E-state index contributed by atoms with van der Waals surface area (Å²) in [6.07, 6.45) is 6.48. The SMILES string of the molecule is Cn1c(=O)c(Cc2ccccc2C#N)nc2cc(C3(C4CCCC4)CC3N)ccc21. The smallest absolute Gasteiger partial charge is 0.272 e. The lowest BCUT2D eigenvalue weighted by Crippen LogP contribution is -2.27. The van der Waals surface area contributed by atoms with Crippen LogP contribution in [0, 0.1) is 17.2 Å². The first-order valence-electron chi connectivity index (χ1n) is 10.8. The van der Waals surface area contributed by atoms with Crippen LogP contribution in [0.1, 0.15) is 54.5 Å². The number of benzene rings is 2. The number of nitriles is 1. The molecule has 5 rings (SSSR count). The summed E-state index contributed by atoms with van der Waals surface area (Å²) >= 11 is 0. The van der Waals surface area contributed by atoms with Crippen LogP contribution in [0.25, 0.3) is 11.0 Å². The average Bonchev–Trinajstić information content (AvgIpc) is 3.16. The summed E-state index contributed by atoms with van der Waals surface area (Å²) in [6.45, 7) is 0. The van der Waals surface area contributed by atoms with Crippen molar-refractivity contribution < 1.29 is 0 Å². The van der Waals surface area contributed by atoms with Gasteiger partial charge in [0, 0.05) is 24.9 Å². The maximum absolute atomic E-state index is 12.9. The van der Waals surface area contributed by atoms with E-state index in [-0.39, 0.29) is 17.0 Å². The Morgan fingerprint density at radius 1 is 1.23 bits per heavy atom. The zero-order valence-electron chi connectivity index (χ0n) is 17.3. The van der Waals surface area contributed by atoms with E-state index in [0.29, 0.717) is 23.6 Å². The van der Waals surface area contributed by atoms with Crippen molar-refractivity contribution in [2.24, 2.45) is 18.7 Å². The Balaban J connectivity index is 1.60. The molecule has 2 N–H and O–H groups in total. The molecule has 5 nitrogen and oxygen atoms in total. The lowest BCUT2D eigenvalue weighted by Gasteiger charge is -2.25. The molecular weight excluding hydrogens is 372 g/mol. The number of hydrogen-bond acceptors (Lipinski definition) is 4. The Labute approximate surface area is 176 Å². The van der Waals surface area contributed by atoms with Gasteiger partial charge in [0.2, 0.25) is 0 Å². The van der Waals surface area contributed by atoms with Crippen molar-refractivity contribution in [1.82, 2.24) is 9.55 Å². The number of hydrogen-bond donors (Lipinski definition) is 1. The van der Waals surface area contributed by atoms with Gasteiger partial charge in [-0.05, 0) is 54.5 Å². The van der Waals surface area contributed by atoms with Crippen LogP contribution in [-0.2, 0) is 18.9 Å². The summed E-state index contributed by atoms with van der Waals surface area (Å²) in [5, 5.41) is 9.39. The third-order valence-electron chi connectivity index (χ3n) is 7.32. The molecule has 5 heteroatoms. The molecule has 2 saturated carbocycles. The van der Waals surface area contributed by atoms with Crippen molar-refractivity contribution in [3.05, 3.63) is 75.2 Å². The van der Waals surface area contributed by atoms with Crippen LogP contribution in [-0.4, -0.2) is 15.6 Å². The fourth-order valence-electron chi connectivity index (χ4n) is 5.54. The largest absolute Gasteiger partial charge is 0.327 e. The van der Waals surface area contributed by atoms with Gasteiger partial charge in [-0.1, -0.05) is 37.1 Å². The second-order valence-electron chi connectivity index (χ2n) is 8.90. The van der Waals surface area contributed by atoms with Crippen LogP contribution in [0.4, 0.5) is 0 Å². The van der Waals surface area contributed by atoms with Gasteiger partial charge in [-0.2, -0.15) is 5.26 Å². The number of nitrogens with two attached hydrogens (primary N) is 1. The van der Waals surface area contributed by atoms with Gasteiger partial charge in [-0.15, -0.1) is 0 Å². The topological polar surface area (TPSA) is 84.7 Å². The molecule has 2 aliphatic rings. The van der Waals surface area contributed by atoms with Gasteiger partial charge in [0.15, 0.2) is 0 Å². The molecule has 0 saturated heterocycles. The summed E-state index contributed by atoms with van der Waals surface area (Å²) in [5.41, 5.74) is 11.2. The number of aryl methyl sites for hydroxylation is 1. The summed E-state index contributed by atoms with van der Waals surface area (Å²) in [6, 6.07) is 16.1. The molecule has 0 aliphatic heterocycles. The molecule has 2 unspecified atom stereocenters. The van der Waals surface area contributed by atoms with E-state index in [1.54, 1.807) is 17.7 Å². The van der Waals surface area contributed by atoms with Crippen molar-refractivity contribution in [3.63, 3.8) is 0 Å². The molecule has 30 heavy (non-hydrogen) atoms. The van der Waals surface area contributed by atoms with Gasteiger partial charge < -0.3 is 10.3 Å². The van der Waals surface area contributed by atoms with Gasteiger partial charge in [0.25, 0.3) is 5.56 Å². The molecule has 2 fully saturated rings. The molecule has 2 aromatic carbocycles. The zero-order chi connectivity index (χ0) is 20.9. The minimum atomic E-state index is -0.114. The van der Waals surface area contributed by atoms with E-state index in [1.807, 2.05) is 24.3 Å². The van der Waals surface area contributed by atoms with E-state index >= 15 is 0 Å². The number of fused-ring (bicyclic) bond motifs is 1. The number of nitrogens with zero attached hydrogens (tertiary/aromatic N) is 3. The molecule has 0 bridgehead atoms. The third kappa shape index (κ3) is 2.86. The normalized spacial score (nSPS) is 23.6. The maximum Gasteiger partial charge on any atom is 0.272 e. The van der Waals surface area contributed by atoms with Crippen LogP contribution >= 0.6 is 0 Å². The van der Waals surface area contributed by atoms with Crippen molar-refractivity contribution in [2.75, 3.05) is 0 Å². The number of rotatable bonds is 4. The Morgan fingerprint density at radius 3 is 2.67 bits per heavy atom. The maximum atomic E-state index is 12.9. The quantitative estimate of drug-likeness (QED) is 0.728. The lowest BCUT2D eigenvalue weighted by molar-refractivity contribution is 0.404. The first kappa shape index (κ1) is 19.0. The van der Waals surface area contributed by atoms with E-state index in [0.717, 1.165) is 23.0 Å². The second-order valence-corrected chi connectivity index (χ2v) is 8.90. The fraction of sp³-hybridized carbons (Fsp3) is 0.400. The highest BCUT2D eigenvalue weighted by molar-refractivity contribution is 5.76. The average molecular weight is 399 g/mol. The number of aromatic nitrogens is 2. The molecule has 0 radical (unpaired) electrons. The lowest BCUT2D eigenvalue weighted by atomic mass is 9.80. The molecule has 1 aromatic heterocycles. The first-order chi connectivity index (χ1) is 14.5. The van der Waals surface area contributed by atoms with Crippen LogP contribution < -0.4 is 11.3 Å². The fourth-order valence-corrected chi connectivity index (χ4v) is 5.54. The van der Waals surface area contributed by atoms with Gasteiger partial charge in [-0.3, -0.25) is 4.79 Å². The van der Waals surface area contributed by atoms with E-state index in [1.165, 1.54) is 31.2 Å². The minimum Gasteiger partial charge on any atom is -0.327 e. The molecule has 3 aromatic rings. The summed E-state index contributed by atoms with van der Waals surface area (Å²) in [5.74, 6) is 0.652. The van der Waals surface area contributed by atoms with E-state index in [2.05, 4.69) is 18.2 Å². The molecule has 0 spiro atoms. The van der Waals surface area contributed by atoms with E-state index in [4.69, 9.17) is 10.7 Å². The van der Waals surface area contributed by atoms with Gasteiger partial charge >= 0.3 is 0 Å². The van der Waals surface area contributed by atoms with Crippen molar-refractivity contribution in [2.45, 2.75) is 50.0 Å². The summed E-state index contributed by atoms with van der Waals surface area (Å²) in [4.78, 5) is 17.7. The van der Waals surface area contributed by atoms with Gasteiger partial charge in [0.1, 0.15) is 5.69 Å². The third-order valence-corrected chi connectivity index (χ3v) is 7.32. The van der Waals surface area contributed by atoms with E-state index < -0.39 is 0 Å². The summed E-state index contributed by atoms with van der Waals surface area (Å²) < 4.78 is 1.67. The van der Waals surface area contributed by atoms with Crippen LogP contribution in [0.15, 0.2) is 47.3 Å². The minimum absolute atomic E-state index is 0.0780. The Kier molecular flexibility index (Phi) is 4.48. The standard InChI is InChI=1S/C25H26N4O/c1-29-22-11-10-19(25(14-23(25)27)18-8-4-5-9-18)13-20(22)28-21(24(29)30)12-16-6-2-3-7-17(16)15-26/h2-3,6-7,10-11,13,18,23H,4-5,8-9,12,14,27H2,1H3. The molecular formula is C25H26N4O. The van der Waals surface area contributed by atoms with Crippen molar-refractivity contribution in [3.8, 4) is 6.07 Å². The highest BCUT2D eigenvalue weighted by Crippen LogP contribution is 2.57. The van der Waals surface area contributed by atoms with Gasteiger partial charge in [-0.25, -0.2) is 4.98 Å². The summed E-state index contributed by atoms with van der Waals surface area (Å²) in [7, 11) is 1.79. The van der Waals surface area contributed by atoms with Crippen LogP contribution in [0.3, 0.4) is 0 Å². The molecule has 2 atom stereocenters.